The number of aromatic nitrogens is 1. The molecule has 0 saturated carbocycles. The largest absolute Gasteiger partial charge is 0.457 e. The number of nitrogens with zero attached hydrogens (tertiary/aromatic N) is 2. The number of benzene rings is 2. The molecule has 2 aliphatic heterocycles. The number of rotatable bonds is 10. The smallest absolute Gasteiger partial charge is 0.251 e. The van der Waals surface area contributed by atoms with Gasteiger partial charge in [-0.25, -0.2) is 0 Å². The number of nitrogens with one attached hydrogen (secondary N) is 2. The van der Waals surface area contributed by atoms with Crippen LogP contribution in [0, 0.1) is 5.92 Å². The van der Waals surface area contributed by atoms with E-state index in [2.05, 4.69) is 15.6 Å². The maximum atomic E-state index is 14.1. The molecule has 2 N–H and O–H groups in total. The standard InChI is InChI=1S/C32H34N4O5/c1-20(2)15-26(35-31(39)22-10-12-24(13-11-22)41-23-8-4-3-5-9-23)32(40)36-27(17-25-30(36)29(38)19-34-25)28(37)16-21-7-6-14-33-18-21/h3-14,18,20,25-27,30,34H,15-17,19H2,1-2H3,(H,35,39). The maximum absolute atomic E-state index is 14.1. The second kappa shape index (κ2) is 12.4. The highest BCUT2D eigenvalue weighted by atomic mass is 16.5. The fourth-order valence-corrected chi connectivity index (χ4v) is 5.59. The number of pyridine rings is 1. The Morgan fingerprint density at radius 1 is 1.02 bits per heavy atom. The van der Waals surface area contributed by atoms with E-state index in [4.69, 9.17) is 4.74 Å². The molecule has 2 aliphatic rings. The monoisotopic (exact) mass is 554 g/mol. The second-order valence-electron chi connectivity index (χ2n) is 11.0. The van der Waals surface area contributed by atoms with Crippen molar-refractivity contribution in [1.82, 2.24) is 20.5 Å². The molecular formula is C32H34N4O5. The van der Waals surface area contributed by atoms with Gasteiger partial charge in [-0.05, 0) is 66.8 Å². The van der Waals surface area contributed by atoms with E-state index in [0.29, 0.717) is 29.9 Å². The number of hydrogen-bond acceptors (Lipinski definition) is 7. The summed E-state index contributed by atoms with van der Waals surface area (Å²) in [6, 6.07) is 16.9. The van der Waals surface area contributed by atoms with Gasteiger partial charge in [-0.15, -0.1) is 0 Å². The van der Waals surface area contributed by atoms with Gasteiger partial charge in [-0.2, -0.15) is 0 Å². The van der Waals surface area contributed by atoms with Crippen LogP contribution in [0.3, 0.4) is 0 Å². The number of amides is 2. The molecule has 2 amide bonds. The third-order valence-electron chi connectivity index (χ3n) is 7.50. The summed E-state index contributed by atoms with van der Waals surface area (Å²) in [6.45, 7) is 4.08. The van der Waals surface area contributed by atoms with Gasteiger partial charge in [-0.1, -0.05) is 38.1 Å². The Bertz CT molecular complexity index is 1390. The lowest BCUT2D eigenvalue weighted by Crippen LogP contribution is -2.56. The van der Waals surface area contributed by atoms with Gasteiger partial charge in [-0.3, -0.25) is 24.2 Å². The van der Waals surface area contributed by atoms with Crippen molar-refractivity contribution in [2.24, 2.45) is 5.92 Å². The second-order valence-corrected chi connectivity index (χ2v) is 11.0. The molecule has 0 bridgehead atoms. The van der Waals surface area contributed by atoms with Crippen molar-refractivity contribution >= 4 is 23.4 Å². The van der Waals surface area contributed by atoms with E-state index in [1.165, 1.54) is 4.90 Å². The van der Waals surface area contributed by atoms with Crippen molar-refractivity contribution in [3.63, 3.8) is 0 Å². The van der Waals surface area contributed by atoms with E-state index < -0.39 is 29.9 Å². The zero-order valence-corrected chi connectivity index (χ0v) is 23.2. The number of ketones is 2. The Labute approximate surface area is 239 Å². The van der Waals surface area contributed by atoms with Crippen LogP contribution in [0.2, 0.25) is 0 Å². The molecule has 41 heavy (non-hydrogen) atoms. The van der Waals surface area contributed by atoms with Crippen molar-refractivity contribution < 1.29 is 23.9 Å². The van der Waals surface area contributed by atoms with E-state index in [-0.39, 0.29) is 36.5 Å². The van der Waals surface area contributed by atoms with E-state index in [9.17, 15) is 19.2 Å². The predicted molar refractivity (Wildman–Crippen MR) is 152 cm³/mol. The molecule has 212 valence electrons. The quantitative estimate of drug-likeness (QED) is 0.395. The Morgan fingerprint density at radius 2 is 1.76 bits per heavy atom. The number of ether oxygens (including phenoxy) is 1. The van der Waals surface area contributed by atoms with Crippen LogP contribution >= 0.6 is 0 Å². The molecule has 3 aromatic rings. The number of Topliss-reactive ketones (excluding diaryl/α,β-unsaturated/α-hetero) is 2. The first-order valence-electron chi connectivity index (χ1n) is 13.9. The molecule has 2 fully saturated rings. The van der Waals surface area contributed by atoms with E-state index in [1.807, 2.05) is 50.2 Å². The Hall–Kier alpha value is -4.37. The summed E-state index contributed by atoms with van der Waals surface area (Å²) in [6.07, 6.45) is 4.08. The van der Waals surface area contributed by atoms with Crippen LogP contribution in [-0.2, 0) is 20.8 Å². The summed E-state index contributed by atoms with van der Waals surface area (Å²) in [5, 5.41) is 6.05. The van der Waals surface area contributed by atoms with Gasteiger partial charge in [0.15, 0.2) is 11.6 Å². The van der Waals surface area contributed by atoms with E-state index in [0.717, 1.165) is 5.56 Å². The molecule has 9 heteroatoms. The van der Waals surface area contributed by atoms with Crippen LogP contribution in [0.15, 0.2) is 79.1 Å². The first-order chi connectivity index (χ1) is 19.8. The lowest BCUT2D eigenvalue weighted by atomic mass is 9.99. The van der Waals surface area contributed by atoms with Gasteiger partial charge in [0, 0.05) is 30.4 Å². The SMILES string of the molecule is CC(C)CC(NC(=O)c1ccc(Oc2ccccc2)cc1)C(=O)N1C(C(=O)Cc2cccnc2)CC2NCC(=O)C21. The molecule has 2 aromatic carbocycles. The fourth-order valence-electron chi connectivity index (χ4n) is 5.59. The van der Waals surface area contributed by atoms with E-state index in [1.54, 1.807) is 42.7 Å². The lowest BCUT2D eigenvalue weighted by Gasteiger charge is -2.32. The number of carbonyl (C=O) groups excluding carboxylic acids is 4. The highest BCUT2D eigenvalue weighted by Gasteiger charge is 2.53. The van der Waals surface area contributed by atoms with Gasteiger partial charge in [0.2, 0.25) is 5.91 Å². The van der Waals surface area contributed by atoms with Crippen molar-refractivity contribution in [3.05, 3.63) is 90.3 Å². The molecule has 5 rings (SSSR count). The van der Waals surface area contributed by atoms with Crippen LogP contribution in [0.4, 0.5) is 0 Å². The van der Waals surface area contributed by atoms with E-state index >= 15 is 0 Å². The van der Waals surface area contributed by atoms with Crippen molar-refractivity contribution in [3.8, 4) is 11.5 Å². The summed E-state index contributed by atoms with van der Waals surface area (Å²) >= 11 is 0. The average Bonchev–Trinajstić information content (AvgIpc) is 3.53. The Kier molecular flexibility index (Phi) is 8.54. The summed E-state index contributed by atoms with van der Waals surface area (Å²) in [7, 11) is 0. The molecule has 2 saturated heterocycles. The summed E-state index contributed by atoms with van der Waals surface area (Å²) in [5.74, 6) is 0.229. The van der Waals surface area contributed by atoms with Gasteiger partial charge >= 0.3 is 0 Å². The molecule has 4 atom stereocenters. The van der Waals surface area contributed by atoms with Gasteiger partial charge in [0.25, 0.3) is 5.91 Å². The minimum atomic E-state index is -0.899. The molecule has 3 heterocycles. The first kappa shape index (κ1) is 28.2. The predicted octanol–water partition coefficient (Wildman–Crippen LogP) is 3.34. The molecule has 0 radical (unpaired) electrons. The van der Waals surface area contributed by atoms with Crippen LogP contribution in [0.25, 0.3) is 0 Å². The molecule has 1 aromatic heterocycles. The molecular weight excluding hydrogens is 520 g/mol. The first-order valence-corrected chi connectivity index (χ1v) is 13.9. The number of hydrogen-bond donors (Lipinski definition) is 2. The van der Waals surface area contributed by atoms with Crippen molar-refractivity contribution in [2.75, 3.05) is 6.54 Å². The minimum absolute atomic E-state index is 0.0752. The zero-order chi connectivity index (χ0) is 28.9. The third-order valence-corrected chi connectivity index (χ3v) is 7.50. The topological polar surface area (TPSA) is 118 Å². The minimum Gasteiger partial charge on any atom is -0.457 e. The zero-order valence-electron chi connectivity index (χ0n) is 23.2. The highest BCUT2D eigenvalue weighted by Crippen LogP contribution is 2.31. The normalized spacial score (nSPS) is 20.5. The van der Waals surface area contributed by atoms with Crippen LogP contribution < -0.4 is 15.4 Å². The average molecular weight is 555 g/mol. The number of para-hydroxylation sites is 1. The van der Waals surface area contributed by atoms with Gasteiger partial charge < -0.3 is 20.3 Å². The van der Waals surface area contributed by atoms with Crippen LogP contribution in [0.1, 0.15) is 42.6 Å². The van der Waals surface area contributed by atoms with Crippen molar-refractivity contribution in [1.29, 1.82) is 0 Å². The highest BCUT2D eigenvalue weighted by molar-refractivity contribution is 6.02. The molecule has 9 nitrogen and oxygen atoms in total. The fraction of sp³-hybridized carbons (Fsp3) is 0.344. The Balaban J connectivity index is 1.34. The summed E-state index contributed by atoms with van der Waals surface area (Å²) in [5.41, 5.74) is 1.11. The number of carbonyl (C=O) groups is 4. The summed E-state index contributed by atoms with van der Waals surface area (Å²) < 4.78 is 5.81. The van der Waals surface area contributed by atoms with Gasteiger partial charge in [0.05, 0.1) is 12.6 Å². The molecule has 0 spiro atoms. The molecule has 0 aliphatic carbocycles. The summed E-state index contributed by atoms with van der Waals surface area (Å²) in [4.78, 5) is 59.3. The Morgan fingerprint density at radius 3 is 2.44 bits per heavy atom. The van der Waals surface area contributed by atoms with Crippen LogP contribution in [0.5, 0.6) is 11.5 Å². The van der Waals surface area contributed by atoms with Crippen molar-refractivity contribution in [2.45, 2.75) is 57.3 Å². The van der Waals surface area contributed by atoms with Crippen LogP contribution in [-0.4, -0.2) is 64.0 Å². The number of likely N-dealkylation sites (tertiary alicyclic amines) is 1. The maximum Gasteiger partial charge on any atom is 0.251 e. The van der Waals surface area contributed by atoms with Gasteiger partial charge in [0.1, 0.15) is 23.6 Å². The lowest BCUT2D eigenvalue weighted by molar-refractivity contribution is -0.144. The third kappa shape index (κ3) is 6.52. The number of fused-ring (bicyclic) bond motifs is 1. The molecule has 4 unspecified atom stereocenters.